The second-order valence-corrected chi connectivity index (χ2v) is 4.17. The van der Waals surface area contributed by atoms with Gasteiger partial charge in [0.05, 0.1) is 11.9 Å². The van der Waals surface area contributed by atoms with Crippen LogP contribution in [0.15, 0.2) is 10.7 Å². The lowest BCUT2D eigenvalue weighted by molar-refractivity contribution is 0.385. The summed E-state index contributed by atoms with van der Waals surface area (Å²) in [5, 5.41) is 15.1. The van der Waals surface area contributed by atoms with Crippen LogP contribution in [-0.4, -0.2) is 31.2 Å². The Balaban J connectivity index is 1.94. The molecular formula is C10H16N6O. The van der Waals surface area contributed by atoms with Gasteiger partial charge in [-0.05, 0) is 0 Å². The summed E-state index contributed by atoms with van der Waals surface area (Å²) in [5.74, 6) is 1.16. The molecule has 0 saturated heterocycles. The first-order valence-corrected chi connectivity index (χ1v) is 5.55. The minimum atomic E-state index is 0.431. The van der Waals surface area contributed by atoms with Crippen molar-refractivity contribution in [1.29, 1.82) is 0 Å². The van der Waals surface area contributed by atoms with Gasteiger partial charge in [0.1, 0.15) is 6.54 Å². The Labute approximate surface area is 99.2 Å². The first kappa shape index (κ1) is 11.7. The first-order valence-electron chi connectivity index (χ1n) is 5.55. The standard InChI is InChI=1S/C10H16N6O/c1-7(2)11-4-9-5-16(15-13-9)6-10-12-8(3)17-14-10/h5,7,11H,4,6H2,1-3H3. The molecule has 0 unspecified atom stereocenters. The predicted molar refractivity (Wildman–Crippen MR) is 60.1 cm³/mol. The molecule has 0 aliphatic heterocycles. The van der Waals surface area contributed by atoms with Gasteiger partial charge in [0.25, 0.3) is 0 Å². The SMILES string of the molecule is Cc1nc(Cn2cc(CNC(C)C)nn2)no1. The zero-order valence-corrected chi connectivity index (χ0v) is 10.2. The van der Waals surface area contributed by atoms with E-state index in [1.807, 2.05) is 6.20 Å². The van der Waals surface area contributed by atoms with Gasteiger partial charge in [0, 0.05) is 19.5 Å². The molecule has 7 nitrogen and oxygen atoms in total. The summed E-state index contributed by atoms with van der Waals surface area (Å²) in [7, 11) is 0. The molecule has 2 aromatic heterocycles. The van der Waals surface area contributed by atoms with Gasteiger partial charge >= 0.3 is 0 Å². The Morgan fingerprint density at radius 1 is 1.47 bits per heavy atom. The molecule has 0 fully saturated rings. The summed E-state index contributed by atoms with van der Waals surface area (Å²) in [6.45, 7) is 7.13. The normalized spacial score (nSPS) is 11.3. The maximum absolute atomic E-state index is 4.89. The zero-order chi connectivity index (χ0) is 12.3. The number of rotatable bonds is 5. The van der Waals surface area contributed by atoms with E-state index >= 15 is 0 Å². The van der Waals surface area contributed by atoms with Crippen LogP contribution in [0.4, 0.5) is 0 Å². The van der Waals surface area contributed by atoms with E-state index < -0.39 is 0 Å². The van der Waals surface area contributed by atoms with Crippen molar-refractivity contribution in [2.24, 2.45) is 0 Å². The van der Waals surface area contributed by atoms with E-state index in [-0.39, 0.29) is 0 Å². The third kappa shape index (κ3) is 3.35. The largest absolute Gasteiger partial charge is 0.340 e. The molecule has 0 radical (unpaired) electrons. The number of hydrogen-bond donors (Lipinski definition) is 1. The van der Waals surface area contributed by atoms with Crippen molar-refractivity contribution in [3.8, 4) is 0 Å². The fourth-order valence-electron chi connectivity index (χ4n) is 1.36. The molecule has 0 aromatic carbocycles. The number of nitrogens with zero attached hydrogens (tertiary/aromatic N) is 5. The lowest BCUT2D eigenvalue weighted by atomic mass is 10.3. The van der Waals surface area contributed by atoms with Crippen LogP contribution in [0.3, 0.4) is 0 Å². The average Bonchev–Trinajstić information content (AvgIpc) is 2.86. The zero-order valence-electron chi connectivity index (χ0n) is 10.2. The molecule has 92 valence electrons. The van der Waals surface area contributed by atoms with Gasteiger partial charge in [0.2, 0.25) is 5.89 Å². The highest BCUT2D eigenvalue weighted by Gasteiger charge is 2.06. The quantitative estimate of drug-likeness (QED) is 0.814. The van der Waals surface area contributed by atoms with E-state index in [2.05, 4.69) is 39.6 Å². The van der Waals surface area contributed by atoms with Crippen LogP contribution in [0.2, 0.25) is 0 Å². The van der Waals surface area contributed by atoms with Crippen molar-refractivity contribution in [3.05, 3.63) is 23.6 Å². The molecule has 2 aromatic rings. The van der Waals surface area contributed by atoms with E-state index in [0.29, 0.717) is 30.8 Å². The van der Waals surface area contributed by atoms with Crippen LogP contribution in [0.5, 0.6) is 0 Å². The fraction of sp³-hybridized carbons (Fsp3) is 0.600. The number of aryl methyl sites for hydroxylation is 1. The van der Waals surface area contributed by atoms with Crippen LogP contribution in [0, 0.1) is 6.92 Å². The van der Waals surface area contributed by atoms with Crippen molar-refractivity contribution in [3.63, 3.8) is 0 Å². The Morgan fingerprint density at radius 2 is 2.29 bits per heavy atom. The van der Waals surface area contributed by atoms with E-state index in [9.17, 15) is 0 Å². The van der Waals surface area contributed by atoms with E-state index in [1.165, 1.54) is 0 Å². The van der Waals surface area contributed by atoms with E-state index in [4.69, 9.17) is 4.52 Å². The van der Waals surface area contributed by atoms with Gasteiger partial charge in [0.15, 0.2) is 5.82 Å². The highest BCUT2D eigenvalue weighted by Crippen LogP contribution is 1.99. The Hall–Kier alpha value is -1.76. The van der Waals surface area contributed by atoms with Crippen molar-refractivity contribution in [1.82, 2.24) is 30.5 Å². The van der Waals surface area contributed by atoms with Gasteiger partial charge in [-0.25, -0.2) is 4.68 Å². The summed E-state index contributed by atoms with van der Waals surface area (Å²) in [6.07, 6.45) is 1.88. The second kappa shape index (κ2) is 5.05. The molecule has 0 aliphatic rings. The Morgan fingerprint density at radius 3 is 2.94 bits per heavy atom. The molecule has 17 heavy (non-hydrogen) atoms. The molecule has 1 N–H and O–H groups in total. The molecule has 2 heterocycles. The van der Waals surface area contributed by atoms with Gasteiger partial charge < -0.3 is 9.84 Å². The van der Waals surface area contributed by atoms with Gasteiger partial charge in [-0.2, -0.15) is 4.98 Å². The molecule has 0 aliphatic carbocycles. The van der Waals surface area contributed by atoms with E-state index in [0.717, 1.165) is 5.69 Å². The van der Waals surface area contributed by atoms with Gasteiger partial charge in [-0.3, -0.25) is 0 Å². The molecule has 7 heteroatoms. The molecular weight excluding hydrogens is 220 g/mol. The number of nitrogens with one attached hydrogen (secondary N) is 1. The molecule has 0 bridgehead atoms. The fourth-order valence-corrected chi connectivity index (χ4v) is 1.36. The molecule has 0 atom stereocenters. The highest BCUT2D eigenvalue weighted by atomic mass is 16.5. The molecule has 0 spiro atoms. The van der Waals surface area contributed by atoms with Gasteiger partial charge in [-0.1, -0.05) is 24.2 Å². The van der Waals surface area contributed by atoms with Crippen molar-refractivity contribution < 1.29 is 4.52 Å². The lowest BCUT2D eigenvalue weighted by Crippen LogP contribution is -2.21. The monoisotopic (exact) mass is 236 g/mol. The summed E-state index contributed by atoms with van der Waals surface area (Å²) >= 11 is 0. The first-order chi connectivity index (χ1) is 8.13. The summed E-state index contributed by atoms with van der Waals surface area (Å²) in [4.78, 5) is 4.11. The van der Waals surface area contributed by atoms with Crippen LogP contribution >= 0.6 is 0 Å². The Bertz CT molecular complexity index is 475. The van der Waals surface area contributed by atoms with Crippen LogP contribution in [0.1, 0.15) is 31.3 Å². The number of aromatic nitrogens is 5. The predicted octanol–water partition coefficient (Wildman–Crippen LogP) is 0.516. The minimum absolute atomic E-state index is 0.431. The van der Waals surface area contributed by atoms with Gasteiger partial charge in [-0.15, -0.1) is 5.10 Å². The van der Waals surface area contributed by atoms with Crippen molar-refractivity contribution in [2.75, 3.05) is 0 Å². The second-order valence-electron chi connectivity index (χ2n) is 4.17. The smallest absolute Gasteiger partial charge is 0.223 e. The summed E-state index contributed by atoms with van der Waals surface area (Å²) in [6, 6.07) is 0.431. The molecule has 0 amide bonds. The van der Waals surface area contributed by atoms with Crippen LogP contribution < -0.4 is 5.32 Å². The van der Waals surface area contributed by atoms with E-state index in [1.54, 1.807) is 11.6 Å². The van der Waals surface area contributed by atoms with Crippen LogP contribution in [-0.2, 0) is 13.1 Å². The summed E-state index contributed by atoms with van der Waals surface area (Å²) in [5.41, 5.74) is 0.902. The van der Waals surface area contributed by atoms with Crippen molar-refractivity contribution in [2.45, 2.75) is 39.9 Å². The minimum Gasteiger partial charge on any atom is -0.340 e. The Kier molecular flexibility index (Phi) is 3.48. The summed E-state index contributed by atoms with van der Waals surface area (Å²) < 4.78 is 6.58. The van der Waals surface area contributed by atoms with Crippen LogP contribution in [0.25, 0.3) is 0 Å². The third-order valence-corrected chi connectivity index (χ3v) is 2.15. The molecule has 0 saturated carbocycles. The maximum atomic E-state index is 4.89. The lowest BCUT2D eigenvalue weighted by Gasteiger charge is -2.03. The molecule has 2 rings (SSSR count). The highest BCUT2D eigenvalue weighted by molar-refractivity contribution is 4.94. The third-order valence-electron chi connectivity index (χ3n) is 2.15. The maximum Gasteiger partial charge on any atom is 0.223 e. The number of hydrogen-bond acceptors (Lipinski definition) is 6. The topological polar surface area (TPSA) is 81.7 Å². The van der Waals surface area contributed by atoms with Crippen molar-refractivity contribution >= 4 is 0 Å². The average molecular weight is 236 g/mol.